The van der Waals surface area contributed by atoms with Crippen LogP contribution in [0.1, 0.15) is 13.8 Å². The molecule has 0 amide bonds. The molecule has 0 aromatic rings. The maximum Gasteiger partial charge on any atom is 0.335 e. The van der Waals surface area contributed by atoms with Crippen molar-refractivity contribution in [2.45, 2.75) is 44.2 Å². The lowest BCUT2D eigenvalue weighted by Gasteiger charge is -2.22. The van der Waals surface area contributed by atoms with Gasteiger partial charge in [0.05, 0.1) is 0 Å². The molecule has 2 aliphatic rings. The number of carbonyl (C=O) groups is 1. The largest absolute Gasteiger partial charge is 0.479 e. The quantitative estimate of drug-likeness (QED) is 0.701. The van der Waals surface area contributed by atoms with E-state index in [1.165, 1.54) is 7.11 Å². The molecule has 6 nitrogen and oxygen atoms in total. The van der Waals surface area contributed by atoms with Gasteiger partial charge in [-0.1, -0.05) is 0 Å². The third kappa shape index (κ3) is 1.74. The molecular weight excluding hydrogens is 204 g/mol. The first-order valence-electron chi connectivity index (χ1n) is 4.71. The highest BCUT2D eigenvalue weighted by Gasteiger charge is 2.57. The number of hydrogen-bond acceptors (Lipinski definition) is 5. The molecule has 0 spiro atoms. The van der Waals surface area contributed by atoms with E-state index in [0.717, 1.165) is 0 Å². The Kier molecular flexibility index (Phi) is 2.46. The Morgan fingerprint density at radius 2 is 1.93 bits per heavy atom. The van der Waals surface area contributed by atoms with Crippen LogP contribution in [-0.2, 0) is 23.7 Å². The van der Waals surface area contributed by atoms with Gasteiger partial charge in [0.25, 0.3) is 0 Å². The van der Waals surface area contributed by atoms with Crippen LogP contribution in [-0.4, -0.2) is 48.6 Å². The molecule has 2 heterocycles. The van der Waals surface area contributed by atoms with Crippen LogP contribution >= 0.6 is 0 Å². The van der Waals surface area contributed by atoms with Crippen molar-refractivity contribution in [3.05, 3.63) is 0 Å². The average molecular weight is 218 g/mol. The summed E-state index contributed by atoms with van der Waals surface area (Å²) in [6.45, 7) is 3.47. The molecule has 1 N–H and O–H groups in total. The second kappa shape index (κ2) is 3.41. The van der Waals surface area contributed by atoms with Gasteiger partial charge < -0.3 is 24.1 Å². The zero-order valence-electron chi connectivity index (χ0n) is 8.80. The lowest BCUT2D eigenvalue weighted by molar-refractivity contribution is -0.229. The Bertz CT molecular complexity index is 276. The van der Waals surface area contributed by atoms with Crippen LogP contribution in [0.2, 0.25) is 0 Å². The standard InChI is InChI=1S/C9H14O6/c1-9(2)14-4-5(7(10)11)13-8(12-3)6(4)15-9/h4-6,8H,1-3H3,(H,10,11)/t4-,5-,6-,8-/m1/s1. The van der Waals surface area contributed by atoms with Crippen molar-refractivity contribution in [2.24, 2.45) is 0 Å². The van der Waals surface area contributed by atoms with Crippen molar-refractivity contribution in [3.8, 4) is 0 Å². The first-order chi connectivity index (χ1) is 6.94. The van der Waals surface area contributed by atoms with Crippen molar-refractivity contribution < 1.29 is 28.8 Å². The maximum absolute atomic E-state index is 10.9. The van der Waals surface area contributed by atoms with E-state index >= 15 is 0 Å². The first-order valence-corrected chi connectivity index (χ1v) is 4.71. The van der Waals surface area contributed by atoms with E-state index in [2.05, 4.69) is 0 Å². The van der Waals surface area contributed by atoms with Gasteiger partial charge in [-0.3, -0.25) is 0 Å². The van der Waals surface area contributed by atoms with Crippen LogP contribution in [0.4, 0.5) is 0 Å². The smallest absolute Gasteiger partial charge is 0.335 e. The topological polar surface area (TPSA) is 74.2 Å². The van der Waals surface area contributed by atoms with Gasteiger partial charge in [-0.2, -0.15) is 0 Å². The number of carboxylic acid groups (broad SMARTS) is 1. The molecule has 2 fully saturated rings. The number of fused-ring (bicyclic) bond motifs is 1. The minimum absolute atomic E-state index is 0.480. The Hall–Kier alpha value is -0.690. The second-order valence-corrected chi connectivity index (χ2v) is 4.06. The predicted molar refractivity (Wildman–Crippen MR) is 47.1 cm³/mol. The van der Waals surface area contributed by atoms with Gasteiger partial charge in [-0.15, -0.1) is 0 Å². The van der Waals surface area contributed by atoms with Gasteiger partial charge >= 0.3 is 5.97 Å². The van der Waals surface area contributed by atoms with Crippen LogP contribution in [0.15, 0.2) is 0 Å². The minimum Gasteiger partial charge on any atom is -0.479 e. The molecule has 2 aliphatic heterocycles. The average Bonchev–Trinajstić information content (AvgIpc) is 2.57. The maximum atomic E-state index is 10.9. The molecule has 0 unspecified atom stereocenters. The van der Waals surface area contributed by atoms with Crippen molar-refractivity contribution in [2.75, 3.05) is 7.11 Å². The van der Waals surface area contributed by atoms with Crippen LogP contribution in [0, 0.1) is 0 Å². The Morgan fingerprint density at radius 1 is 1.33 bits per heavy atom. The Labute approximate surface area is 87.1 Å². The van der Waals surface area contributed by atoms with E-state index in [-0.39, 0.29) is 0 Å². The van der Waals surface area contributed by atoms with E-state index in [1.807, 2.05) is 0 Å². The van der Waals surface area contributed by atoms with Crippen molar-refractivity contribution in [1.82, 2.24) is 0 Å². The molecule has 0 aromatic carbocycles. The normalized spacial score (nSPS) is 42.9. The SMILES string of the molecule is CO[C@@H]1O[C@@H](C(=O)O)[C@H]2OC(C)(C)O[C@@H]12. The molecule has 6 heteroatoms. The molecule has 4 atom stereocenters. The number of rotatable bonds is 2. The molecule has 0 bridgehead atoms. The molecule has 0 saturated carbocycles. The summed E-state index contributed by atoms with van der Waals surface area (Å²) in [5.41, 5.74) is 0. The molecule has 86 valence electrons. The fraction of sp³-hybridized carbons (Fsp3) is 0.889. The highest BCUT2D eigenvalue weighted by molar-refractivity contribution is 5.73. The fourth-order valence-corrected chi connectivity index (χ4v) is 1.95. The van der Waals surface area contributed by atoms with E-state index in [0.29, 0.717) is 0 Å². The monoisotopic (exact) mass is 218 g/mol. The van der Waals surface area contributed by atoms with Crippen molar-refractivity contribution >= 4 is 5.97 Å². The molecule has 0 radical (unpaired) electrons. The lowest BCUT2D eigenvalue weighted by atomic mass is 10.1. The van der Waals surface area contributed by atoms with Crippen LogP contribution in [0.3, 0.4) is 0 Å². The third-order valence-electron chi connectivity index (χ3n) is 2.49. The Balaban J connectivity index is 2.19. The summed E-state index contributed by atoms with van der Waals surface area (Å²) in [7, 11) is 1.45. The first kappa shape index (κ1) is 10.8. The van der Waals surface area contributed by atoms with Crippen molar-refractivity contribution in [1.29, 1.82) is 0 Å². The highest BCUT2D eigenvalue weighted by Crippen LogP contribution is 2.38. The zero-order chi connectivity index (χ0) is 11.2. The number of methoxy groups -OCH3 is 1. The zero-order valence-corrected chi connectivity index (χ0v) is 8.80. The fourth-order valence-electron chi connectivity index (χ4n) is 1.95. The lowest BCUT2D eigenvalue weighted by Crippen LogP contribution is -2.35. The van der Waals surface area contributed by atoms with E-state index in [9.17, 15) is 4.79 Å². The van der Waals surface area contributed by atoms with Crippen LogP contribution in [0.25, 0.3) is 0 Å². The number of aliphatic carboxylic acids is 1. The summed E-state index contributed by atoms with van der Waals surface area (Å²) < 4.78 is 21.2. The van der Waals surface area contributed by atoms with Gasteiger partial charge in [0.15, 0.2) is 18.2 Å². The Morgan fingerprint density at radius 3 is 2.47 bits per heavy atom. The van der Waals surface area contributed by atoms with Crippen LogP contribution in [0.5, 0.6) is 0 Å². The number of carboxylic acids is 1. The van der Waals surface area contributed by atoms with Gasteiger partial charge in [-0.05, 0) is 13.8 Å². The summed E-state index contributed by atoms with van der Waals surface area (Å²) >= 11 is 0. The van der Waals surface area contributed by atoms with Crippen molar-refractivity contribution in [3.63, 3.8) is 0 Å². The van der Waals surface area contributed by atoms with Gasteiger partial charge in [0.2, 0.25) is 0 Å². The molecule has 2 saturated heterocycles. The van der Waals surface area contributed by atoms with E-state index in [1.54, 1.807) is 13.8 Å². The predicted octanol–water partition coefficient (Wildman–Crippen LogP) is -0.0376. The summed E-state index contributed by atoms with van der Waals surface area (Å²) in [5, 5.41) is 8.93. The highest BCUT2D eigenvalue weighted by atomic mass is 16.8. The van der Waals surface area contributed by atoms with Gasteiger partial charge in [-0.25, -0.2) is 4.79 Å². The molecule has 2 rings (SSSR count). The third-order valence-corrected chi connectivity index (χ3v) is 2.49. The summed E-state index contributed by atoms with van der Waals surface area (Å²) in [4.78, 5) is 10.9. The van der Waals surface area contributed by atoms with E-state index < -0.39 is 36.4 Å². The molecule has 15 heavy (non-hydrogen) atoms. The second-order valence-electron chi connectivity index (χ2n) is 4.06. The van der Waals surface area contributed by atoms with Gasteiger partial charge in [0.1, 0.15) is 12.2 Å². The minimum atomic E-state index is -1.06. The van der Waals surface area contributed by atoms with Gasteiger partial charge in [0, 0.05) is 7.11 Å². The summed E-state index contributed by atoms with van der Waals surface area (Å²) in [5.74, 6) is -1.85. The number of hydrogen-bond donors (Lipinski definition) is 1. The molecule has 0 aromatic heterocycles. The van der Waals surface area contributed by atoms with Crippen LogP contribution < -0.4 is 0 Å². The summed E-state index contributed by atoms with van der Waals surface area (Å²) in [6.07, 6.45) is -2.80. The molecule has 0 aliphatic carbocycles. The summed E-state index contributed by atoms with van der Waals surface area (Å²) in [6, 6.07) is 0. The molecular formula is C9H14O6. The number of ether oxygens (including phenoxy) is 4. The van der Waals surface area contributed by atoms with E-state index in [4.69, 9.17) is 24.1 Å².